The van der Waals surface area contributed by atoms with E-state index in [1.54, 1.807) is 24.5 Å². The Labute approximate surface area is 118 Å². The van der Waals surface area contributed by atoms with E-state index in [-0.39, 0.29) is 0 Å². The molecular weight excluding hydrogens is 250 g/mol. The van der Waals surface area contributed by atoms with Gasteiger partial charge in [-0.25, -0.2) is 4.99 Å². The fraction of sp³-hybridized carbons (Fsp3) is 0.133. The van der Waals surface area contributed by atoms with E-state index >= 15 is 0 Å². The standard InChI is InChI=1S/C15H15N5/c1-11-3-4-12(2)14(9-11)20-15(18-10-16)19-13-5-7-17-8-6-13/h3-9H,1-2H3,(H2,17,18,19,20). The first-order chi connectivity index (χ1) is 9.69. The number of aromatic nitrogens is 1. The van der Waals surface area contributed by atoms with Gasteiger partial charge in [-0.2, -0.15) is 5.26 Å². The number of anilines is 1. The molecule has 0 saturated carbocycles. The molecule has 0 fully saturated rings. The van der Waals surface area contributed by atoms with Crippen LogP contribution in [-0.4, -0.2) is 10.9 Å². The van der Waals surface area contributed by atoms with Gasteiger partial charge in [0.25, 0.3) is 0 Å². The number of hydrogen-bond donors (Lipinski definition) is 2. The number of nitrogens with zero attached hydrogens (tertiary/aromatic N) is 3. The monoisotopic (exact) mass is 265 g/mol. The summed E-state index contributed by atoms with van der Waals surface area (Å²) in [6, 6.07) is 9.62. The summed E-state index contributed by atoms with van der Waals surface area (Å²) in [5.41, 5.74) is 3.80. The quantitative estimate of drug-likeness (QED) is 0.379. The summed E-state index contributed by atoms with van der Waals surface area (Å²) in [5.74, 6) is 0.382. The van der Waals surface area contributed by atoms with E-state index in [0.29, 0.717) is 5.96 Å². The maximum absolute atomic E-state index is 8.82. The summed E-state index contributed by atoms with van der Waals surface area (Å²) in [6.07, 6.45) is 5.23. The van der Waals surface area contributed by atoms with Crippen LogP contribution in [-0.2, 0) is 0 Å². The molecule has 0 saturated heterocycles. The van der Waals surface area contributed by atoms with Gasteiger partial charge in [0.2, 0.25) is 5.96 Å². The molecule has 0 spiro atoms. The predicted octanol–water partition coefficient (Wildman–Crippen LogP) is 2.87. The number of pyridine rings is 1. The van der Waals surface area contributed by atoms with Crippen LogP contribution in [0.4, 0.5) is 11.4 Å². The van der Waals surface area contributed by atoms with Crippen molar-refractivity contribution in [2.75, 3.05) is 5.32 Å². The average molecular weight is 265 g/mol. The second-order valence-electron chi connectivity index (χ2n) is 4.35. The second kappa shape index (κ2) is 6.34. The molecule has 100 valence electrons. The Balaban J connectivity index is 2.30. The normalized spacial score (nSPS) is 10.8. The summed E-state index contributed by atoms with van der Waals surface area (Å²) in [4.78, 5) is 8.40. The first kappa shape index (κ1) is 13.6. The molecule has 0 radical (unpaired) electrons. The zero-order valence-electron chi connectivity index (χ0n) is 11.4. The van der Waals surface area contributed by atoms with Crippen molar-refractivity contribution in [3.8, 4) is 6.19 Å². The molecule has 2 N–H and O–H groups in total. The third-order valence-electron chi connectivity index (χ3n) is 2.71. The summed E-state index contributed by atoms with van der Waals surface area (Å²) >= 11 is 0. The molecule has 0 amide bonds. The molecule has 2 aromatic rings. The minimum Gasteiger partial charge on any atom is -0.325 e. The van der Waals surface area contributed by atoms with E-state index in [1.165, 1.54) is 0 Å². The van der Waals surface area contributed by atoms with Crippen molar-refractivity contribution in [3.63, 3.8) is 0 Å². The number of aryl methyl sites for hydroxylation is 2. The van der Waals surface area contributed by atoms with Crippen LogP contribution in [0.1, 0.15) is 11.1 Å². The van der Waals surface area contributed by atoms with Gasteiger partial charge in [-0.3, -0.25) is 10.3 Å². The lowest BCUT2D eigenvalue weighted by molar-refractivity contribution is 1.22. The lowest BCUT2D eigenvalue weighted by atomic mass is 10.1. The second-order valence-corrected chi connectivity index (χ2v) is 4.35. The van der Waals surface area contributed by atoms with E-state index < -0.39 is 0 Å². The molecule has 2 rings (SSSR count). The number of benzene rings is 1. The van der Waals surface area contributed by atoms with Crippen molar-refractivity contribution in [3.05, 3.63) is 53.9 Å². The molecule has 20 heavy (non-hydrogen) atoms. The Morgan fingerprint density at radius 1 is 1.20 bits per heavy atom. The van der Waals surface area contributed by atoms with Crippen molar-refractivity contribution < 1.29 is 0 Å². The van der Waals surface area contributed by atoms with E-state index in [9.17, 15) is 0 Å². The minimum atomic E-state index is 0.382. The van der Waals surface area contributed by atoms with Gasteiger partial charge in [0.15, 0.2) is 6.19 Å². The van der Waals surface area contributed by atoms with E-state index in [4.69, 9.17) is 5.26 Å². The molecule has 5 nitrogen and oxygen atoms in total. The van der Waals surface area contributed by atoms with Crippen molar-refractivity contribution in [1.29, 1.82) is 5.26 Å². The molecule has 1 heterocycles. The van der Waals surface area contributed by atoms with E-state index in [2.05, 4.69) is 20.6 Å². The van der Waals surface area contributed by atoms with Gasteiger partial charge in [0.05, 0.1) is 5.69 Å². The molecular formula is C15H15N5. The van der Waals surface area contributed by atoms with Crippen molar-refractivity contribution in [2.45, 2.75) is 13.8 Å². The first-order valence-electron chi connectivity index (χ1n) is 6.17. The average Bonchev–Trinajstić information content (AvgIpc) is 2.44. The van der Waals surface area contributed by atoms with E-state index in [1.807, 2.05) is 38.2 Å². The van der Waals surface area contributed by atoms with Gasteiger partial charge in [0.1, 0.15) is 0 Å². The Kier molecular flexibility index (Phi) is 4.30. The van der Waals surface area contributed by atoms with Crippen LogP contribution < -0.4 is 10.6 Å². The molecule has 5 heteroatoms. The van der Waals surface area contributed by atoms with Crippen LogP contribution in [0.2, 0.25) is 0 Å². The Bertz CT molecular complexity index is 656. The van der Waals surface area contributed by atoms with Crippen molar-refractivity contribution in [2.24, 2.45) is 4.99 Å². The predicted molar refractivity (Wildman–Crippen MR) is 79.6 cm³/mol. The molecule has 0 unspecified atom stereocenters. The largest absolute Gasteiger partial charge is 0.325 e. The highest BCUT2D eigenvalue weighted by Crippen LogP contribution is 2.20. The van der Waals surface area contributed by atoms with Gasteiger partial charge in [-0.1, -0.05) is 12.1 Å². The van der Waals surface area contributed by atoms with Crippen LogP contribution in [0.25, 0.3) is 0 Å². The van der Waals surface area contributed by atoms with Gasteiger partial charge >= 0.3 is 0 Å². The lowest BCUT2D eigenvalue weighted by Crippen LogP contribution is -2.26. The maximum Gasteiger partial charge on any atom is 0.214 e. The smallest absolute Gasteiger partial charge is 0.214 e. The van der Waals surface area contributed by atoms with Gasteiger partial charge < -0.3 is 5.32 Å². The maximum atomic E-state index is 8.82. The molecule has 1 aromatic heterocycles. The number of nitrogens with one attached hydrogen (secondary N) is 2. The molecule has 0 aliphatic heterocycles. The number of rotatable bonds is 2. The Morgan fingerprint density at radius 3 is 2.65 bits per heavy atom. The molecule has 0 aliphatic rings. The summed E-state index contributed by atoms with van der Waals surface area (Å²) in [7, 11) is 0. The highest BCUT2D eigenvalue weighted by Gasteiger charge is 2.02. The zero-order valence-corrected chi connectivity index (χ0v) is 11.4. The fourth-order valence-corrected chi connectivity index (χ4v) is 1.67. The first-order valence-corrected chi connectivity index (χ1v) is 6.17. The van der Waals surface area contributed by atoms with Crippen LogP contribution in [0.5, 0.6) is 0 Å². The number of hydrogen-bond acceptors (Lipinski definition) is 3. The molecule has 0 atom stereocenters. The van der Waals surface area contributed by atoms with Crippen LogP contribution in [0.3, 0.4) is 0 Å². The number of nitriles is 1. The highest BCUT2D eigenvalue weighted by atomic mass is 15.2. The third-order valence-corrected chi connectivity index (χ3v) is 2.71. The topological polar surface area (TPSA) is 73.1 Å². The van der Waals surface area contributed by atoms with Crippen molar-refractivity contribution in [1.82, 2.24) is 10.3 Å². The Hall–Kier alpha value is -2.87. The van der Waals surface area contributed by atoms with Crippen LogP contribution in [0.15, 0.2) is 47.7 Å². The van der Waals surface area contributed by atoms with Gasteiger partial charge in [-0.05, 0) is 43.2 Å². The van der Waals surface area contributed by atoms with Crippen LogP contribution in [0, 0.1) is 25.3 Å². The summed E-state index contributed by atoms with van der Waals surface area (Å²) in [6.45, 7) is 3.99. The van der Waals surface area contributed by atoms with Crippen molar-refractivity contribution >= 4 is 17.3 Å². The number of guanidine groups is 1. The Morgan fingerprint density at radius 2 is 1.95 bits per heavy atom. The highest BCUT2D eigenvalue weighted by molar-refractivity contribution is 5.96. The summed E-state index contributed by atoms with van der Waals surface area (Å²) in [5, 5.41) is 14.4. The SMILES string of the molecule is Cc1ccc(C)c(N=C(NC#N)Nc2ccncc2)c1. The molecule has 1 aromatic carbocycles. The van der Waals surface area contributed by atoms with Gasteiger partial charge in [-0.15, -0.1) is 0 Å². The minimum absolute atomic E-state index is 0.382. The molecule has 0 bridgehead atoms. The third kappa shape index (κ3) is 3.56. The number of aliphatic imine (C=N–C) groups is 1. The summed E-state index contributed by atoms with van der Waals surface area (Å²) < 4.78 is 0. The zero-order chi connectivity index (χ0) is 14.4. The fourth-order valence-electron chi connectivity index (χ4n) is 1.67. The van der Waals surface area contributed by atoms with E-state index in [0.717, 1.165) is 22.5 Å². The van der Waals surface area contributed by atoms with Gasteiger partial charge in [0, 0.05) is 18.1 Å². The van der Waals surface area contributed by atoms with Crippen LogP contribution >= 0.6 is 0 Å². The lowest BCUT2D eigenvalue weighted by Gasteiger charge is -2.09. The molecule has 0 aliphatic carbocycles.